The molecule has 1 unspecified atom stereocenters. The van der Waals surface area contributed by atoms with Crippen LogP contribution in [0.2, 0.25) is 0 Å². The van der Waals surface area contributed by atoms with Gasteiger partial charge in [-0.2, -0.15) is 5.10 Å². The van der Waals surface area contributed by atoms with E-state index in [-0.39, 0.29) is 0 Å². The summed E-state index contributed by atoms with van der Waals surface area (Å²) in [5, 5.41) is 3.84. The van der Waals surface area contributed by atoms with Crippen molar-refractivity contribution in [1.29, 1.82) is 0 Å². The van der Waals surface area contributed by atoms with Gasteiger partial charge in [-0.05, 0) is 11.1 Å². The molecule has 0 radical (unpaired) electrons. The Balaban J connectivity index is 2.54. The second-order valence-corrected chi connectivity index (χ2v) is 2.16. The smallest absolute Gasteiger partial charge is 0.0586 e. The molecular formula is C8H8N2. The summed E-state index contributed by atoms with van der Waals surface area (Å²) in [5.74, 6) is 0. The normalized spacial score (nSPS) is 22.8. The van der Waals surface area contributed by atoms with Gasteiger partial charge in [0.1, 0.15) is 0 Å². The minimum Gasteiger partial charge on any atom is -0.306 e. The van der Waals surface area contributed by atoms with E-state index in [9.17, 15) is 0 Å². The van der Waals surface area contributed by atoms with Gasteiger partial charge in [0.05, 0.1) is 14.1 Å². The molecule has 0 fully saturated rings. The molecule has 2 rings (SSSR count). The summed E-state index contributed by atoms with van der Waals surface area (Å²) >= 11 is 0. The minimum atomic E-state index is -0.406. The summed E-state index contributed by atoms with van der Waals surface area (Å²) in [5.41, 5.74) is 4.70. The van der Waals surface area contributed by atoms with Crippen molar-refractivity contribution >= 4 is 6.21 Å². The van der Waals surface area contributed by atoms with Gasteiger partial charge in [0, 0.05) is 0 Å². The Morgan fingerprint density at radius 2 is 2.40 bits per heavy atom. The van der Waals surface area contributed by atoms with E-state index < -0.39 is 6.52 Å². The van der Waals surface area contributed by atoms with Crippen molar-refractivity contribution in [2.45, 2.75) is 6.52 Å². The van der Waals surface area contributed by atoms with E-state index in [1.165, 1.54) is 0 Å². The second-order valence-electron chi connectivity index (χ2n) is 2.16. The van der Waals surface area contributed by atoms with Crippen LogP contribution in [-0.2, 0) is 6.52 Å². The number of fused-ring (bicyclic) bond motifs is 1. The monoisotopic (exact) mass is 133 g/mol. The highest BCUT2D eigenvalue weighted by Crippen LogP contribution is 2.07. The van der Waals surface area contributed by atoms with E-state index in [2.05, 4.69) is 10.5 Å². The maximum absolute atomic E-state index is 7.53. The Morgan fingerprint density at radius 3 is 3.30 bits per heavy atom. The molecule has 10 heavy (non-hydrogen) atoms. The molecule has 50 valence electrons. The van der Waals surface area contributed by atoms with Gasteiger partial charge in [-0.1, -0.05) is 24.3 Å². The Hall–Kier alpha value is -1.31. The van der Waals surface area contributed by atoms with Gasteiger partial charge in [0.25, 0.3) is 0 Å². The Bertz CT molecular complexity index is 296. The third kappa shape index (κ3) is 0.778. The topological polar surface area (TPSA) is 24.4 Å². The van der Waals surface area contributed by atoms with Gasteiger partial charge in [0.2, 0.25) is 0 Å². The predicted molar refractivity (Wildman–Crippen MR) is 40.9 cm³/mol. The molecule has 0 amide bonds. The molecule has 1 aliphatic heterocycles. The summed E-state index contributed by atoms with van der Waals surface area (Å²) in [6.45, 7) is -0.406. The van der Waals surface area contributed by atoms with E-state index in [0.717, 1.165) is 11.1 Å². The molecule has 0 aromatic heterocycles. The SMILES string of the molecule is [2H]C1NN=Cc2ccccc21. The lowest BCUT2D eigenvalue weighted by Crippen LogP contribution is -2.12. The molecule has 1 heterocycles. The largest absolute Gasteiger partial charge is 0.306 e. The lowest BCUT2D eigenvalue weighted by Gasteiger charge is -2.09. The molecule has 0 spiro atoms. The van der Waals surface area contributed by atoms with Crippen molar-refractivity contribution in [2.24, 2.45) is 5.10 Å². The van der Waals surface area contributed by atoms with Crippen molar-refractivity contribution in [2.75, 3.05) is 0 Å². The quantitative estimate of drug-likeness (QED) is 0.563. The van der Waals surface area contributed by atoms with Crippen LogP contribution in [-0.4, -0.2) is 6.21 Å². The highest BCUT2D eigenvalue weighted by atomic mass is 15.3. The number of nitrogens with one attached hydrogen (secondary N) is 1. The summed E-state index contributed by atoms with van der Waals surface area (Å²) in [6.07, 6.45) is 1.74. The molecular weight excluding hydrogens is 124 g/mol. The zero-order valence-electron chi connectivity index (χ0n) is 6.41. The van der Waals surface area contributed by atoms with E-state index >= 15 is 0 Å². The Morgan fingerprint density at radius 1 is 1.50 bits per heavy atom. The number of nitrogens with zero attached hydrogens (tertiary/aromatic N) is 1. The maximum atomic E-state index is 7.53. The van der Waals surface area contributed by atoms with Crippen molar-refractivity contribution < 1.29 is 1.37 Å². The standard InChI is InChI=1S/C8H8N2/c1-2-4-8-6-10-9-5-7(8)3-1/h1-5,10H,6H2/i6D. The zero-order chi connectivity index (χ0) is 7.68. The van der Waals surface area contributed by atoms with Gasteiger partial charge >= 0.3 is 0 Å². The van der Waals surface area contributed by atoms with Crippen LogP contribution in [0.5, 0.6) is 0 Å². The van der Waals surface area contributed by atoms with Crippen LogP contribution in [0.3, 0.4) is 0 Å². The number of benzene rings is 1. The lowest BCUT2D eigenvalue weighted by atomic mass is 10.1. The Kier molecular flexibility index (Phi) is 0.961. The van der Waals surface area contributed by atoms with Gasteiger partial charge in [-0.15, -0.1) is 0 Å². The molecule has 1 N–H and O–H groups in total. The van der Waals surface area contributed by atoms with Crippen LogP contribution in [0, 0.1) is 0 Å². The molecule has 0 bridgehead atoms. The molecule has 2 nitrogen and oxygen atoms in total. The summed E-state index contributed by atoms with van der Waals surface area (Å²) in [6, 6.07) is 7.77. The molecule has 2 heteroatoms. The molecule has 1 atom stereocenters. The first kappa shape index (κ1) is 4.50. The van der Waals surface area contributed by atoms with Crippen molar-refractivity contribution in [1.82, 2.24) is 5.43 Å². The highest BCUT2D eigenvalue weighted by molar-refractivity contribution is 5.82. The summed E-state index contributed by atoms with van der Waals surface area (Å²) in [4.78, 5) is 0. The highest BCUT2D eigenvalue weighted by Gasteiger charge is 2.00. The van der Waals surface area contributed by atoms with Crippen LogP contribution < -0.4 is 5.43 Å². The molecule has 1 aromatic rings. The molecule has 1 aliphatic rings. The van der Waals surface area contributed by atoms with E-state index in [1.54, 1.807) is 6.21 Å². The van der Waals surface area contributed by atoms with Gasteiger partial charge in [-0.3, -0.25) is 0 Å². The third-order valence-electron chi connectivity index (χ3n) is 1.49. The molecule has 0 saturated carbocycles. The summed E-state index contributed by atoms with van der Waals surface area (Å²) < 4.78 is 7.53. The molecule has 0 aliphatic carbocycles. The first-order chi connectivity index (χ1) is 5.38. The number of rotatable bonds is 0. The van der Waals surface area contributed by atoms with Crippen molar-refractivity contribution in [3.05, 3.63) is 35.4 Å². The van der Waals surface area contributed by atoms with Crippen LogP contribution in [0.4, 0.5) is 0 Å². The first-order valence-corrected chi connectivity index (χ1v) is 3.18. The average Bonchev–Trinajstić information content (AvgIpc) is 2.06. The van der Waals surface area contributed by atoms with Crippen LogP contribution in [0.25, 0.3) is 0 Å². The first-order valence-electron chi connectivity index (χ1n) is 3.75. The second kappa shape index (κ2) is 2.14. The van der Waals surface area contributed by atoms with Crippen LogP contribution in [0.15, 0.2) is 29.4 Å². The summed E-state index contributed by atoms with van der Waals surface area (Å²) in [7, 11) is 0. The van der Waals surface area contributed by atoms with E-state index in [0.29, 0.717) is 0 Å². The van der Waals surface area contributed by atoms with Crippen LogP contribution >= 0.6 is 0 Å². The lowest BCUT2D eigenvalue weighted by molar-refractivity contribution is 0.735. The Labute approximate surface area is 61.0 Å². The maximum Gasteiger partial charge on any atom is 0.0586 e. The number of hydrogen-bond acceptors (Lipinski definition) is 2. The van der Waals surface area contributed by atoms with Gasteiger partial charge in [0.15, 0.2) is 0 Å². The number of hydrazone groups is 1. The van der Waals surface area contributed by atoms with E-state index in [4.69, 9.17) is 1.37 Å². The van der Waals surface area contributed by atoms with Crippen LogP contribution in [0.1, 0.15) is 12.5 Å². The van der Waals surface area contributed by atoms with Gasteiger partial charge in [-0.25, -0.2) is 0 Å². The van der Waals surface area contributed by atoms with Crippen molar-refractivity contribution in [3.63, 3.8) is 0 Å². The van der Waals surface area contributed by atoms with E-state index in [1.807, 2.05) is 24.3 Å². The average molecular weight is 133 g/mol. The minimum absolute atomic E-state index is 0.406. The zero-order valence-corrected chi connectivity index (χ0v) is 5.41. The van der Waals surface area contributed by atoms with Gasteiger partial charge < -0.3 is 5.43 Å². The third-order valence-corrected chi connectivity index (χ3v) is 1.49. The fourth-order valence-corrected chi connectivity index (χ4v) is 0.974. The number of hydrogen-bond donors (Lipinski definition) is 1. The van der Waals surface area contributed by atoms with Crippen molar-refractivity contribution in [3.8, 4) is 0 Å². The molecule has 0 saturated heterocycles. The molecule has 1 aromatic carbocycles. The fourth-order valence-electron chi connectivity index (χ4n) is 0.974. The predicted octanol–water partition coefficient (Wildman–Crippen LogP) is 1.12. The fraction of sp³-hybridized carbons (Fsp3) is 0.125.